The largest absolute Gasteiger partial charge is 0.483 e. The number of carbonyl (C=O) groups excluding carboxylic acids is 1. The van der Waals surface area contributed by atoms with E-state index in [0.29, 0.717) is 18.9 Å². The van der Waals surface area contributed by atoms with Crippen molar-refractivity contribution in [2.24, 2.45) is 0 Å². The van der Waals surface area contributed by atoms with Crippen LogP contribution in [0.3, 0.4) is 0 Å². The number of hydrogen-bond acceptors (Lipinski definition) is 5. The number of ether oxygens (including phenoxy) is 3. The quantitative estimate of drug-likeness (QED) is 0.260. The number of anilines is 1. The summed E-state index contributed by atoms with van der Waals surface area (Å²) in [5.41, 5.74) is 1.91. The lowest BCUT2D eigenvalue weighted by atomic mass is 9.87. The number of unbranched alkanes of at least 4 members (excludes halogenated alkanes) is 1. The van der Waals surface area contributed by atoms with E-state index in [9.17, 15) is 13.6 Å². The minimum absolute atomic E-state index is 0.250. The molecule has 5 nitrogen and oxygen atoms in total. The number of benzene rings is 3. The summed E-state index contributed by atoms with van der Waals surface area (Å²) in [7, 11) is 0. The lowest BCUT2D eigenvalue weighted by molar-refractivity contribution is -0.140. The minimum atomic E-state index is -0.872. The maximum Gasteiger partial charge on any atom is 0.338 e. The molecular weight excluding hydrogens is 464 g/mol. The highest BCUT2D eigenvalue weighted by atomic mass is 19.1. The number of rotatable bonds is 9. The zero-order chi connectivity index (χ0) is 25.7. The van der Waals surface area contributed by atoms with E-state index in [-0.39, 0.29) is 11.4 Å². The molecule has 1 heterocycles. The number of carbonyl (C=O) groups is 1. The van der Waals surface area contributed by atoms with Crippen molar-refractivity contribution in [3.8, 4) is 5.75 Å². The molecule has 3 aromatic rings. The molecule has 0 amide bonds. The van der Waals surface area contributed by atoms with E-state index in [4.69, 9.17) is 14.2 Å². The Hall–Kier alpha value is -3.45. The molecule has 2 atom stereocenters. The fourth-order valence-electron chi connectivity index (χ4n) is 4.15. The highest BCUT2D eigenvalue weighted by Crippen LogP contribution is 2.44. The Morgan fingerprint density at radius 3 is 2.33 bits per heavy atom. The van der Waals surface area contributed by atoms with E-state index in [1.807, 2.05) is 32.0 Å². The summed E-state index contributed by atoms with van der Waals surface area (Å²) in [6.07, 6.45) is 0.506. The normalized spacial score (nSPS) is 18.1. The van der Waals surface area contributed by atoms with Crippen LogP contribution in [0.25, 0.3) is 0 Å². The van der Waals surface area contributed by atoms with Gasteiger partial charge in [-0.1, -0.05) is 25.5 Å². The summed E-state index contributed by atoms with van der Waals surface area (Å²) in [6, 6.07) is 17.3. The number of nitrogens with one attached hydrogen (secondary N) is 1. The minimum Gasteiger partial charge on any atom is -0.483 e. The van der Waals surface area contributed by atoms with Crippen molar-refractivity contribution < 1.29 is 27.8 Å². The van der Waals surface area contributed by atoms with Gasteiger partial charge in [0.15, 0.2) is 6.10 Å². The zero-order valence-electron chi connectivity index (χ0n) is 20.7. The van der Waals surface area contributed by atoms with Crippen molar-refractivity contribution in [1.29, 1.82) is 0 Å². The van der Waals surface area contributed by atoms with Gasteiger partial charge in [0.05, 0.1) is 5.56 Å². The van der Waals surface area contributed by atoms with E-state index in [2.05, 4.69) is 12.2 Å². The van der Waals surface area contributed by atoms with Gasteiger partial charge in [0.2, 0.25) is 0 Å². The molecule has 0 aliphatic carbocycles. The van der Waals surface area contributed by atoms with Crippen LogP contribution in [0, 0.1) is 11.6 Å². The summed E-state index contributed by atoms with van der Waals surface area (Å²) in [5.74, 6) is -0.624. The number of hydrogen-bond donors (Lipinski definition) is 1. The SMILES string of the molecule is CCCCOC1c2cc(NCc3ccc(F)cc3)ccc2OC(C)(C)C1OC(=O)c1ccc(F)cc1. The van der Waals surface area contributed by atoms with Crippen molar-refractivity contribution >= 4 is 11.7 Å². The van der Waals surface area contributed by atoms with Crippen LogP contribution in [0.2, 0.25) is 0 Å². The highest BCUT2D eigenvalue weighted by Gasteiger charge is 2.47. The van der Waals surface area contributed by atoms with E-state index in [0.717, 1.165) is 29.7 Å². The molecule has 0 fully saturated rings. The lowest BCUT2D eigenvalue weighted by Gasteiger charge is -2.43. The summed E-state index contributed by atoms with van der Waals surface area (Å²) in [5, 5.41) is 3.35. The fraction of sp³-hybridized carbons (Fsp3) is 0.345. The molecule has 2 unspecified atom stereocenters. The van der Waals surface area contributed by atoms with Gasteiger partial charge in [-0.2, -0.15) is 0 Å². The second-order valence-electron chi connectivity index (χ2n) is 9.42. The monoisotopic (exact) mass is 495 g/mol. The van der Waals surface area contributed by atoms with Crippen molar-refractivity contribution in [2.75, 3.05) is 11.9 Å². The Labute approximate surface area is 210 Å². The van der Waals surface area contributed by atoms with Crippen molar-refractivity contribution in [2.45, 2.75) is 58.0 Å². The van der Waals surface area contributed by atoms with Crippen LogP contribution in [-0.4, -0.2) is 24.3 Å². The number of halogens is 2. The first-order valence-electron chi connectivity index (χ1n) is 12.2. The first-order valence-corrected chi connectivity index (χ1v) is 12.2. The van der Waals surface area contributed by atoms with Gasteiger partial charge in [-0.25, -0.2) is 13.6 Å². The molecule has 0 spiro atoms. The molecule has 0 bridgehead atoms. The van der Waals surface area contributed by atoms with Crippen LogP contribution in [0.4, 0.5) is 14.5 Å². The molecule has 3 aromatic carbocycles. The van der Waals surface area contributed by atoms with Gasteiger partial charge in [0.25, 0.3) is 0 Å². The third-order valence-corrected chi connectivity index (χ3v) is 6.17. The third-order valence-electron chi connectivity index (χ3n) is 6.17. The molecule has 0 aromatic heterocycles. The van der Waals surface area contributed by atoms with Gasteiger partial charge in [-0.3, -0.25) is 0 Å². The topological polar surface area (TPSA) is 56.8 Å². The smallest absolute Gasteiger partial charge is 0.338 e. The fourth-order valence-corrected chi connectivity index (χ4v) is 4.15. The summed E-state index contributed by atoms with van der Waals surface area (Å²) in [4.78, 5) is 13.0. The van der Waals surface area contributed by atoms with Crippen LogP contribution in [-0.2, 0) is 16.0 Å². The van der Waals surface area contributed by atoms with Crippen molar-refractivity contribution in [3.05, 3.63) is 95.1 Å². The average molecular weight is 496 g/mol. The van der Waals surface area contributed by atoms with Crippen LogP contribution >= 0.6 is 0 Å². The van der Waals surface area contributed by atoms with E-state index < -0.39 is 29.6 Å². The van der Waals surface area contributed by atoms with Crippen LogP contribution in [0.5, 0.6) is 5.75 Å². The second-order valence-corrected chi connectivity index (χ2v) is 9.42. The average Bonchev–Trinajstić information content (AvgIpc) is 2.85. The standard InChI is InChI=1S/C29H31F2NO4/c1-4-5-16-34-26-24-17-23(32-18-19-6-10-21(30)11-7-19)14-15-25(24)36-29(2,3)27(26)35-28(33)20-8-12-22(31)13-9-20/h6-15,17,26-27,32H,4-5,16,18H2,1-3H3. The van der Waals surface area contributed by atoms with E-state index >= 15 is 0 Å². The zero-order valence-corrected chi connectivity index (χ0v) is 20.7. The number of esters is 1. The second kappa shape index (κ2) is 11.1. The predicted molar refractivity (Wildman–Crippen MR) is 134 cm³/mol. The third kappa shape index (κ3) is 6.02. The molecule has 0 radical (unpaired) electrons. The molecule has 7 heteroatoms. The lowest BCUT2D eigenvalue weighted by Crippen LogP contribution is -2.51. The van der Waals surface area contributed by atoms with Gasteiger partial charge in [-0.15, -0.1) is 0 Å². The molecule has 1 aliphatic heterocycles. The molecule has 36 heavy (non-hydrogen) atoms. The van der Waals surface area contributed by atoms with Gasteiger partial charge in [0.1, 0.15) is 29.1 Å². The Kier molecular flexibility index (Phi) is 7.89. The van der Waals surface area contributed by atoms with Gasteiger partial charge < -0.3 is 19.5 Å². The molecular formula is C29H31F2NO4. The van der Waals surface area contributed by atoms with Crippen molar-refractivity contribution in [3.63, 3.8) is 0 Å². The Morgan fingerprint density at radius 2 is 1.67 bits per heavy atom. The van der Waals surface area contributed by atoms with Gasteiger partial charge in [-0.05, 0) is 80.4 Å². The first kappa shape index (κ1) is 25.6. The summed E-state index contributed by atoms with van der Waals surface area (Å²) < 4.78 is 45.1. The van der Waals surface area contributed by atoms with Crippen LogP contribution in [0.15, 0.2) is 66.7 Å². The predicted octanol–water partition coefficient (Wildman–Crippen LogP) is 6.83. The molecule has 1 N–H and O–H groups in total. The maximum atomic E-state index is 13.3. The molecule has 190 valence electrons. The highest BCUT2D eigenvalue weighted by molar-refractivity contribution is 5.89. The summed E-state index contributed by atoms with van der Waals surface area (Å²) >= 11 is 0. The van der Waals surface area contributed by atoms with E-state index in [1.54, 1.807) is 12.1 Å². The molecule has 1 aliphatic rings. The van der Waals surface area contributed by atoms with Crippen molar-refractivity contribution in [1.82, 2.24) is 0 Å². The van der Waals surface area contributed by atoms with Crippen LogP contribution < -0.4 is 10.1 Å². The van der Waals surface area contributed by atoms with Gasteiger partial charge >= 0.3 is 5.97 Å². The van der Waals surface area contributed by atoms with Gasteiger partial charge in [0, 0.05) is 24.4 Å². The Balaban J connectivity index is 1.60. The maximum absolute atomic E-state index is 13.3. The number of fused-ring (bicyclic) bond motifs is 1. The molecule has 4 rings (SSSR count). The van der Waals surface area contributed by atoms with E-state index in [1.165, 1.54) is 36.4 Å². The molecule has 0 saturated heterocycles. The Bertz CT molecular complexity index is 1180. The Morgan fingerprint density at radius 1 is 1.00 bits per heavy atom. The van der Waals surface area contributed by atoms with Crippen LogP contribution in [0.1, 0.15) is 61.2 Å². The summed E-state index contributed by atoms with van der Waals surface area (Å²) in [6.45, 7) is 6.80. The molecule has 0 saturated carbocycles. The first-order chi connectivity index (χ1) is 17.3.